The number of rotatable bonds is 7. The van der Waals surface area contributed by atoms with Crippen LogP contribution in [0.4, 0.5) is 5.69 Å². The van der Waals surface area contributed by atoms with Crippen LogP contribution in [0, 0.1) is 16.0 Å². The van der Waals surface area contributed by atoms with Crippen LogP contribution >= 0.6 is 0 Å². The van der Waals surface area contributed by atoms with E-state index in [1.165, 1.54) is 26.2 Å². The first-order chi connectivity index (χ1) is 9.33. The van der Waals surface area contributed by atoms with Gasteiger partial charge in [0.1, 0.15) is 5.75 Å². The van der Waals surface area contributed by atoms with Gasteiger partial charge in [-0.1, -0.05) is 6.92 Å². The lowest BCUT2D eigenvalue weighted by molar-refractivity contribution is -0.385. The van der Waals surface area contributed by atoms with Crippen LogP contribution in [-0.2, 0) is 21.3 Å². The van der Waals surface area contributed by atoms with Crippen LogP contribution in [0.15, 0.2) is 18.2 Å². The van der Waals surface area contributed by atoms with Crippen LogP contribution in [0.25, 0.3) is 0 Å². The lowest BCUT2D eigenvalue weighted by Crippen LogP contribution is -2.18. The van der Waals surface area contributed by atoms with Crippen LogP contribution in [0.2, 0.25) is 0 Å². The summed E-state index contributed by atoms with van der Waals surface area (Å²) >= 11 is 0. The molecule has 0 saturated heterocycles. The minimum absolute atomic E-state index is 0.000338. The lowest BCUT2D eigenvalue weighted by Gasteiger charge is -2.07. The minimum Gasteiger partial charge on any atom is -0.496 e. The highest BCUT2D eigenvalue weighted by atomic mass is 32.2. The zero-order chi connectivity index (χ0) is 15.3. The first kappa shape index (κ1) is 16.1. The highest BCUT2D eigenvalue weighted by molar-refractivity contribution is 7.84. The number of hydrogen-bond donors (Lipinski definition) is 1. The molecule has 0 aliphatic heterocycles. The van der Waals surface area contributed by atoms with Crippen molar-refractivity contribution in [1.29, 1.82) is 0 Å². The molecule has 0 spiro atoms. The monoisotopic (exact) mass is 301 g/mol. The Bertz CT molecular complexity index is 545. The van der Waals surface area contributed by atoms with Gasteiger partial charge in [-0.2, -0.15) is 0 Å². The second-order valence-corrected chi connectivity index (χ2v) is 5.79. The third-order valence-electron chi connectivity index (χ3n) is 2.58. The first-order valence-corrected chi connectivity index (χ1v) is 7.22. The Balaban J connectivity index is 2.86. The van der Waals surface area contributed by atoms with Gasteiger partial charge < -0.3 is 9.84 Å². The van der Waals surface area contributed by atoms with E-state index >= 15 is 0 Å². The molecule has 7 nitrogen and oxygen atoms in total. The summed E-state index contributed by atoms with van der Waals surface area (Å²) in [5.74, 6) is -1.39. The number of nitro benzene ring substituents is 1. The molecule has 110 valence electrons. The Morgan fingerprint density at radius 1 is 1.50 bits per heavy atom. The molecule has 0 amide bonds. The van der Waals surface area contributed by atoms with E-state index in [0.29, 0.717) is 11.3 Å². The highest BCUT2D eigenvalue weighted by Crippen LogP contribution is 2.23. The number of aliphatic carboxylic acids is 1. The summed E-state index contributed by atoms with van der Waals surface area (Å²) in [6.45, 7) is 1.47. The summed E-state index contributed by atoms with van der Waals surface area (Å²) in [6.07, 6.45) is 0. The molecule has 1 rings (SSSR count). The predicted octanol–water partition coefficient (Wildman–Crippen LogP) is 1.57. The Morgan fingerprint density at radius 3 is 2.65 bits per heavy atom. The van der Waals surface area contributed by atoms with Crippen molar-refractivity contribution in [3.05, 3.63) is 33.9 Å². The molecule has 8 heteroatoms. The zero-order valence-electron chi connectivity index (χ0n) is 11.1. The van der Waals surface area contributed by atoms with E-state index in [0.717, 1.165) is 0 Å². The maximum absolute atomic E-state index is 11.8. The number of methoxy groups -OCH3 is 1. The van der Waals surface area contributed by atoms with Crippen LogP contribution in [0.1, 0.15) is 12.5 Å². The maximum Gasteiger partial charge on any atom is 0.307 e. The van der Waals surface area contributed by atoms with Gasteiger partial charge in [-0.25, -0.2) is 0 Å². The standard InChI is InChI=1S/C12H15NO6S/c1-8(12(14)15)6-20(18)7-9-3-10(13(16)17)5-11(4-9)19-2/h3-5,8H,6-7H2,1-2H3,(H,14,15). The van der Waals surface area contributed by atoms with Gasteiger partial charge in [0, 0.05) is 28.4 Å². The van der Waals surface area contributed by atoms with Crippen LogP contribution in [0.5, 0.6) is 5.75 Å². The Hall–Kier alpha value is -1.96. The fraction of sp³-hybridized carbons (Fsp3) is 0.417. The van der Waals surface area contributed by atoms with Crippen molar-refractivity contribution >= 4 is 22.5 Å². The second kappa shape index (κ2) is 6.99. The van der Waals surface area contributed by atoms with E-state index in [-0.39, 0.29) is 17.2 Å². The summed E-state index contributed by atoms with van der Waals surface area (Å²) in [5, 5.41) is 19.5. The minimum atomic E-state index is -1.41. The Morgan fingerprint density at radius 2 is 2.15 bits per heavy atom. The number of non-ortho nitro benzene ring substituents is 1. The Labute approximate surface area is 118 Å². The molecule has 0 aromatic heterocycles. The van der Waals surface area contributed by atoms with Crippen molar-refractivity contribution in [3.8, 4) is 5.75 Å². The molecule has 0 fully saturated rings. The largest absolute Gasteiger partial charge is 0.496 e. The van der Waals surface area contributed by atoms with Crippen molar-refractivity contribution in [2.24, 2.45) is 5.92 Å². The fourth-order valence-electron chi connectivity index (χ4n) is 1.54. The highest BCUT2D eigenvalue weighted by Gasteiger charge is 2.17. The summed E-state index contributed by atoms with van der Waals surface area (Å²) in [6, 6.07) is 4.13. The molecule has 0 heterocycles. The SMILES string of the molecule is COc1cc(CS(=O)CC(C)C(=O)O)cc([N+](=O)[O-])c1. The van der Waals surface area contributed by atoms with Gasteiger partial charge in [0.05, 0.1) is 24.0 Å². The van der Waals surface area contributed by atoms with E-state index in [2.05, 4.69) is 0 Å². The van der Waals surface area contributed by atoms with Gasteiger partial charge >= 0.3 is 5.97 Å². The molecule has 1 aromatic rings. The van der Waals surface area contributed by atoms with E-state index in [4.69, 9.17) is 9.84 Å². The normalized spacial score (nSPS) is 13.5. The molecular weight excluding hydrogens is 286 g/mol. The van der Waals surface area contributed by atoms with Gasteiger partial charge in [0.2, 0.25) is 0 Å². The molecule has 0 bridgehead atoms. The number of ether oxygens (including phenoxy) is 1. The molecule has 1 N–H and O–H groups in total. The van der Waals surface area contributed by atoms with Crippen molar-refractivity contribution < 1.29 is 23.8 Å². The van der Waals surface area contributed by atoms with Gasteiger partial charge in [-0.15, -0.1) is 0 Å². The van der Waals surface area contributed by atoms with Crippen LogP contribution < -0.4 is 4.74 Å². The number of carboxylic acid groups (broad SMARTS) is 1. The number of benzene rings is 1. The third kappa shape index (κ3) is 4.61. The van der Waals surface area contributed by atoms with Crippen molar-refractivity contribution in [3.63, 3.8) is 0 Å². The van der Waals surface area contributed by atoms with Gasteiger partial charge in [0.25, 0.3) is 5.69 Å². The maximum atomic E-state index is 11.8. The average molecular weight is 301 g/mol. The number of hydrogen-bond acceptors (Lipinski definition) is 5. The van der Waals surface area contributed by atoms with E-state index < -0.39 is 27.6 Å². The molecule has 1 aromatic carbocycles. The summed E-state index contributed by atoms with van der Waals surface area (Å²) in [7, 11) is -0.0312. The molecule has 0 radical (unpaired) electrons. The van der Waals surface area contributed by atoms with Gasteiger partial charge in [0.15, 0.2) is 0 Å². The number of carbonyl (C=O) groups is 1. The Kier molecular flexibility index (Phi) is 5.63. The third-order valence-corrected chi connectivity index (χ3v) is 4.11. The number of nitrogens with zero attached hydrogens (tertiary/aromatic N) is 1. The topological polar surface area (TPSA) is 107 Å². The number of nitro groups is 1. The van der Waals surface area contributed by atoms with E-state index in [9.17, 15) is 19.1 Å². The molecule has 2 unspecified atom stereocenters. The summed E-state index contributed by atoms with van der Waals surface area (Å²) in [4.78, 5) is 20.9. The molecule has 2 atom stereocenters. The molecule has 0 saturated carbocycles. The molecule has 0 aliphatic rings. The van der Waals surface area contributed by atoms with Gasteiger partial charge in [-0.05, 0) is 11.6 Å². The van der Waals surface area contributed by atoms with Crippen molar-refractivity contribution in [2.75, 3.05) is 12.9 Å². The second-order valence-electron chi connectivity index (χ2n) is 4.29. The fourth-order valence-corrected chi connectivity index (χ4v) is 2.90. The summed E-state index contributed by atoms with van der Waals surface area (Å²) < 4.78 is 16.8. The van der Waals surface area contributed by atoms with Gasteiger partial charge in [-0.3, -0.25) is 19.1 Å². The first-order valence-electron chi connectivity index (χ1n) is 5.73. The van der Waals surface area contributed by atoms with E-state index in [1.54, 1.807) is 6.07 Å². The van der Waals surface area contributed by atoms with Crippen molar-refractivity contribution in [2.45, 2.75) is 12.7 Å². The lowest BCUT2D eigenvalue weighted by atomic mass is 10.2. The van der Waals surface area contributed by atoms with Crippen molar-refractivity contribution in [1.82, 2.24) is 0 Å². The van der Waals surface area contributed by atoms with Crippen LogP contribution in [-0.4, -0.2) is 33.1 Å². The zero-order valence-corrected chi connectivity index (χ0v) is 11.9. The molecule has 0 aliphatic carbocycles. The smallest absolute Gasteiger partial charge is 0.307 e. The molecular formula is C12H15NO6S. The van der Waals surface area contributed by atoms with Crippen LogP contribution in [0.3, 0.4) is 0 Å². The predicted molar refractivity (Wildman–Crippen MR) is 73.2 cm³/mol. The number of carboxylic acids is 1. The average Bonchev–Trinajstić information content (AvgIpc) is 2.37. The summed E-state index contributed by atoms with van der Waals surface area (Å²) in [5.41, 5.74) is 0.328. The molecule has 20 heavy (non-hydrogen) atoms. The van der Waals surface area contributed by atoms with E-state index in [1.807, 2.05) is 0 Å². The quantitative estimate of drug-likeness (QED) is 0.605.